The lowest BCUT2D eigenvalue weighted by atomic mass is 10.2. The maximum atomic E-state index is 13.1. The molecule has 0 atom stereocenters. The Morgan fingerprint density at radius 3 is 2.85 bits per heavy atom. The summed E-state index contributed by atoms with van der Waals surface area (Å²) in [5, 5.41) is 2.71. The van der Waals surface area contributed by atoms with E-state index in [1.165, 1.54) is 18.2 Å². The van der Waals surface area contributed by atoms with Gasteiger partial charge in [0.25, 0.3) is 5.91 Å². The second-order valence-electron chi connectivity index (χ2n) is 4.28. The molecule has 0 saturated heterocycles. The zero-order valence-corrected chi connectivity index (χ0v) is 12.4. The van der Waals surface area contributed by atoms with Crippen LogP contribution in [0.1, 0.15) is 5.56 Å². The Kier molecular flexibility index (Phi) is 4.74. The van der Waals surface area contributed by atoms with Crippen molar-refractivity contribution in [1.29, 1.82) is 0 Å². The van der Waals surface area contributed by atoms with E-state index in [1.54, 1.807) is 6.07 Å². The van der Waals surface area contributed by atoms with E-state index in [0.717, 1.165) is 5.56 Å². The number of carbonyl (C=O) groups is 1. The van der Waals surface area contributed by atoms with Crippen molar-refractivity contribution in [1.82, 2.24) is 0 Å². The Morgan fingerprint density at radius 2 is 2.10 bits per heavy atom. The topological polar surface area (TPSA) is 38.3 Å². The van der Waals surface area contributed by atoms with Crippen molar-refractivity contribution in [3.8, 4) is 5.75 Å². The molecule has 20 heavy (non-hydrogen) atoms. The molecule has 0 bridgehead atoms. The summed E-state index contributed by atoms with van der Waals surface area (Å²) in [6.45, 7) is 1.76. The monoisotopic (exact) mass is 337 g/mol. The first-order valence-electron chi connectivity index (χ1n) is 5.99. The molecule has 0 spiro atoms. The highest BCUT2D eigenvalue weighted by Gasteiger charge is 2.07. The summed E-state index contributed by atoms with van der Waals surface area (Å²) in [4.78, 5) is 11.7. The number of hydrogen-bond donors (Lipinski definition) is 1. The molecular formula is C15H13BrFNO2. The molecule has 0 aliphatic rings. The van der Waals surface area contributed by atoms with Gasteiger partial charge in [-0.1, -0.05) is 12.1 Å². The molecule has 0 heterocycles. The maximum absolute atomic E-state index is 13.1. The van der Waals surface area contributed by atoms with E-state index in [0.29, 0.717) is 15.9 Å². The van der Waals surface area contributed by atoms with Crippen molar-refractivity contribution in [3.05, 3.63) is 58.3 Å². The minimum Gasteiger partial charge on any atom is -0.482 e. The second-order valence-corrected chi connectivity index (χ2v) is 5.14. The third-order valence-electron chi connectivity index (χ3n) is 2.55. The van der Waals surface area contributed by atoms with Gasteiger partial charge in [0.15, 0.2) is 6.61 Å². The van der Waals surface area contributed by atoms with Gasteiger partial charge >= 0.3 is 0 Å². The number of anilines is 1. The summed E-state index contributed by atoms with van der Waals surface area (Å²) in [7, 11) is 0. The van der Waals surface area contributed by atoms with E-state index in [1.807, 2.05) is 25.1 Å². The summed E-state index contributed by atoms with van der Waals surface area (Å²) in [5.74, 6) is -0.418. The normalized spacial score (nSPS) is 10.2. The number of carbonyl (C=O) groups excluding carboxylic acids is 1. The first-order chi connectivity index (χ1) is 9.54. The lowest BCUT2D eigenvalue weighted by molar-refractivity contribution is -0.118. The molecule has 2 aromatic carbocycles. The number of halogens is 2. The highest BCUT2D eigenvalue weighted by atomic mass is 79.9. The Balaban J connectivity index is 1.94. The first-order valence-corrected chi connectivity index (χ1v) is 6.78. The standard InChI is InChI=1S/C15H13BrFNO2/c1-10-3-2-4-12(7-10)18-15(19)9-20-14-8-11(17)5-6-13(14)16/h2-8H,9H2,1H3,(H,18,19). The average molecular weight is 338 g/mol. The summed E-state index contributed by atoms with van der Waals surface area (Å²) < 4.78 is 18.9. The van der Waals surface area contributed by atoms with Crippen molar-refractivity contribution >= 4 is 27.5 Å². The van der Waals surface area contributed by atoms with E-state index in [9.17, 15) is 9.18 Å². The van der Waals surface area contributed by atoms with Crippen molar-refractivity contribution in [3.63, 3.8) is 0 Å². The van der Waals surface area contributed by atoms with Gasteiger partial charge in [-0.25, -0.2) is 4.39 Å². The van der Waals surface area contributed by atoms with Crippen LogP contribution >= 0.6 is 15.9 Å². The van der Waals surface area contributed by atoms with Crippen LogP contribution in [0.4, 0.5) is 10.1 Å². The van der Waals surface area contributed by atoms with Crippen LogP contribution < -0.4 is 10.1 Å². The van der Waals surface area contributed by atoms with Crippen LogP contribution in [0.25, 0.3) is 0 Å². The lowest BCUT2D eigenvalue weighted by Crippen LogP contribution is -2.20. The Hall–Kier alpha value is -1.88. The second kappa shape index (κ2) is 6.52. The fourth-order valence-corrected chi connectivity index (χ4v) is 2.01. The summed E-state index contributed by atoms with van der Waals surface area (Å²) >= 11 is 3.23. The molecule has 0 radical (unpaired) electrons. The van der Waals surface area contributed by atoms with Crippen LogP contribution in [0.15, 0.2) is 46.9 Å². The van der Waals surface area contributed by atoms with E-state index in [-0.39, 0.29) is 12.5 Å². The molecular weight excluding hydrogens is 325 g/mol. The molecule has 0 aliphatic carbocycles. The Bertz CT molecular complexity index is 631. The molecule has 1 N–H and O–H groups in total. The van der Waals surface area contributed by atoms with Gasteiger partial charge < -0.3 is 10.1 Å². The van der Waals surface area contributed by atoms with Crippen LogP contribution in [-0.4, -0.2) is 12.5 Å². The van der Waals surface area contributed by atoms with Crippen LogP contribution in [0.3, 0.4) is 0 Å². The lowest BCUT2D eigenvalue weighted by Gasteiger charge is -2.09. The maximum Gasteiger partial charge on any atom is 0.262 e. The summed E-state index contributed by atoms with van der Waals surface area (Å²) in [5.41, 5.74) is 1.76. The van der Waals surface area contributed by atoms with Crippen LogP contribution in [-0.2, 0) is 4.79 Å². The Morgan fingerprint density at radius 1 is 1.30 bits per heavy atom. The van der Waals surface area contributed by atoms with Gasteiger partial charge in [-0.2, -0.15) is 0 Å². The molecule has 5 heteroatoms. The third-order valence-corrected chi connectivity index (χ3v) is 3.21. The van der Waals surface area contributed by atoms with Gasteiger partial charge in [-0.15, -0.1) is 0 Å². The molecule has 0 unspecified atom stereocenters. The molecule has 0 aromatic heterocycles. The van der Waals surface area contributed by atoms with Gasteiger partial charge in [0, 0.05) is 11.8 Å². The molecule has 104 valence electrons. The highest BCUT2D eigenvalue weighted by molar-refractivity contribution is 9.10. The van der Waals surface area contributed by atoms with E-state index in [2.05, 4.69) is 21.2 Å². The number of rotatable bonds is 4. The van der Waals surface area contributed by atoms with Crippen LogP contribution in [0.5, 0.6) is 5.75 Å². The quantitative estimate of drug-likeness (QED) is 0.918. The molecule has 0 saturated carbocycles. The molecule has 0 aliphatic heterocycles. The Labute approximate surface area is 124 Å². The molecule has 2 aromatic rings. The molecule has 1 amide bonds. The zero-order chi connectivity index (χ0) is 14.5. The number of ether oxygens (including phenoxy) is 1. The minimum absolute atomic E-state index is 0.185. The number of amides is 1. The van der Waals surface area contributed by atoms with Crippen LogP contribution in [0, 0.1) is 12.7 Å². The van der Waals surface area contributed by atoms with Crippen molar-refractivity contribution in [2.45, 2.75) is 6.92 Å². The molecule has 0 fully saturated rings. The van der Waals surface area contributed by atoms with E-state index < -0.39 is 5.82 Å². The van der Waals surface area contributed by atoms with Gasteiger partial charge in [-0.3, -0.25) is 4.79 Å². The largest absolute Gasteiger partial charge is 0.482 e. The van der Waals surface area contributed by atoms with Gasteiger partial charge in [0.1, 0.15) is 11.6 Å². The van der Waals surface area contributed by atoms with Gasteiger partial charge in [0.05, 0.1) is 4.47 Å². The SMILES string of the molecule is Cc1cccc(NC(=O)COc2cc(F)ccc2Br)c1. The van der Waals surface area contributed by atoms with E-state index >= 15 is 0 Å². The van der Waals surface area contributed by atoms with E-state index in [4.69, 9.17) is 4.74 Å². The molecule has 3 nitrogen and oxygen atoms in total. The smallest absolute Gasteiger partial charge is 0.262 e. The predicted octanol–water partition coefficient (Wildman–Crippen LogP) is 3.91. The first kappa shape index (κ1) is 14.5. The predicted molar refractivity (Wildman–Crippen MR) is 79.4 cm³/mol. The minimum atomic E-state index is -0.415. The van der Waals surface area contributed by atoms with Crippen molar-refractivity contribution in [2.24, 2.45) is 0 Å². The van der Waals surface area contributed by atoms with Crippen molar-refractivity contribution in [2.75, 3.05) is 11.9 Å². The van der Waals surface area contributed by atoms with Gasteiger partial charge in [0.2, 0.25) is 0 Å². The highest BCUT2D eigenvalue weighted by Crippen LogP contribution is 2.25. The summed E-state index contributed by atoms with van der Waals surface area (Å²) in [6.07, 6.45) is 0. The number of hydrogen-bond acceptors (Lipinski definition) is 2. The summed E-state index contributed by atoms with van der Waals surface area (Å²) in [6, 6.07) is 11.5. The third kappa shape index (κ3) is 4.06. The van der Waals surface area contributed by atoms with Crippen LogP contribution in [0.2, 0.25) is 0 Å². The fraction of sp³-hybridized carbons (Fsp3) is 0.133. The van der Waals surface area contributed by atoms with Crippen molar-refractivity contribution < 1.29 is 13.9 Å². The fourth-order valence-electron chi connectivity index (χ4n) is 1.65. The number of aryl methyl sites for hydroxylation is 1. The number of nitrogens with one attached hydrogen (secondary N) is 1. The number of benzene rings is 2. The molecule has 2 rings (SSSR count). The average Bonchev–Trinajstić information content (AvgIpc) is 2.40. The van der Waals surface area contributed by atoms with Gasteiger partial charge in [-0.05, 0) is 52.7 Å². The zero-order valence-electron chi connectivity index (χ0n) is 10.8.